The molecule has 0 aliphatic rings. The maximum Gasteiger partial charge on any atom is 0.320 e. The molecule has 0 fully saturated rings. The van der Waals surface area contributed by atoms with Gasteiger partial charge in [-0.25, -0.2) is 0 Å². The Balaban J connectivity index is 1.67. The molecule has 0 bridgehead atoms. The highest BCUT2D eigenvalue weighted by Crippen LogP contribution is 2.37. The molecule has 4 rings (SSSR count). The molecule has 5 nitrogen and oxygen atoms in total. The summed E-state index contributed by atoms with van der Waals surface area (Å²) in [4.78, 5) is 23.1. The van der Waals surface area contributed by atoms with Gasteiger partial charge < -0.3 is 16.2 Å². The van der Waals surface area contributed by atoms with Crippen molar-refractivity contribution in [2.45, 2.75) is 31.8 Å². The molecule has 1 amide bonds. The number of benzene rings is 4. The third-order valence-electron chi connectivity index (χ3n) is 5.41. The Labute approximate surface area is 162 Å². The summed E-state index contributed by atoms with van der Waals surface area (Å²) in [6.45, 7) is 1.95. The smallest absolute Gasteiger partial charge is 0.320 e. The Bertz CT molecular complexity index is 1170. The Morgan fingerprint density at radius 1 is 0.964 bits per heavy atom. The van der Waals surface area contributed by atoms with Gasteiger partial charge in [0, 0.05) is 6.42 Å². The molecule has 0 unspecified atom stereocenters. The summed E-state index contributed by atoms with van der Waals surface area (Å²) in [7, 11) is 0. The first-order chi connectivity index (χ1) is 13.5. The van der Waals surface area contributed by atoms with Gasteiger partial charge in [0.1, 0.15) is 6.04 Å². The Morgan fingerprint density at radius 2 is 1.57 bits per heavy atom. The standard InChI is InChI=1S/C23H22N2O3/c1-13(25-20(26)12-11-19(24)23(27)28)17-9-7-16-6-5-14-3-2-4-15-8-10-18(17)22(16)21(14)15/h2-10,13,19H,11-12,24H2,1H3,(H,25,26)(H,27,28)/t13-,19-/m0/s1. The number of carboxylic acid groups (broad SMARTS) is 1. The summed E-state index contributed by atoms with van der Waals surface area (Å²) in [6, 6.07) is 17.7. The van der Waals surface area contributed by atoms with Crippen LogP contribution in [0.4, 0.5) is 0 Å². The van der Waals surface area contributed by atoms with E-state index in [4.69, 9.17) is 10.8 Å². The maximum atomic E-state index is 12.3. The van der Waals surface area contributed by atoms with E-state index in [2.05, 4.69) is 59.9 Å². The lowest BCUT2D eigenvalue weighted by atomic mass is 9.90. The molecule has 0 saturated heterocycles. The van der Waals surface area contributed by atoms with Crippen LogP contribution in [-0.4, -0.2) is 23.0 Å². The van der Waals surface area contributed by atoms with Crippen molar-refractivity contribution in [1.29, 1.82) is 0 Å². The molecule has 28 heavy (non-hydrogen) atoms. The Morgan fingerprint density at radius 3 is 2.25 bits per heavy atom. The van der Waals surface area contributed by atoms with Gasteiger partial charge in [-0.3, -0.25) is 9.59 Å². The summed E-state index contributed by atoms with van der Waals surface area (Å²) in [5, 5.41) is 19.0. The van der Waals surface area contributed by atoms with E-state index in [-0.39, 0.29) is 24.8 Å². The van der Waals surface area contributed by atoms with Crippen LogP contribution < -0.4 is 11.1 Å². The van der Waals surface area contributed by atoms with Crippen molar-refractivity contribution in [2.24, 2.45) is 5.73 Å². The van der Waals surface area contributed by atoms with E-state index in [1.54, 1.807) is 0 Å². The predicted octanol–water partition coefficient (Wildman–Crippen LogP) is 3.95. The number of rotatable bonds is 6. The highest BCUT2D eigenvalue weighted by atomic mass is 16.4. The minimum atomic E-state index is -1.09. The average Bonchev–Trinajstić information content (AvgIpc) is 2.69. The predicted molar refractivity (Wildman–Crippen MR) is 112 cm³/mol. The first kappa shape index (κ1) is 18.2. The number of hydrogen-bond donors (Lipinski definition) is 3. The molecule has 5 heteroatoms. The largest absolute Gasteiger partial charge is 0.480 e. The lowest BCUT2D eigenvalue weighted by Crippen LogP contribution is -2.33. The normalized spacial score (nSPS) is 13.8. The first-order valence-electron chi connectivity index (χ1n) is 9.40. The lowest BCUT2D eigenvalue weighted by molar-refractivity contribution is -0.138. The number of amides is 1. The van der Waals surface area contributed by atoms with E-state index in [0.717, 1.165) is 10.9 Å². The summed E-state index contributed by atoms with van der Waals surface area (Å²) in [6.07, 6.45) is 0.204. The van der Waals surface area contributed by atoms with Gasteiger partial charge in [0.25, 0.3) is 0 Å². The van der Waals surface area contributed by atoms with Crippen molar-refractivity contribution in [1.82, 2.24) is 5.32 Å². The minimum Gasteiger partial charge on any atom is -0.480 e. The second-order valence-electron chi connectivity index (χ2n) is 7.28. The van der Waals surface area contributed by atoms with Gasteiger partial charge in [-0.1, -0.05) is 54.6 Å². The number of carbonyl (C=O) groups is 2. The SMILES string of the molecule is C[C@H](NC(=O)CC[C@H](N)C(=O)O)c1ccc2ccc3cccc4ccc1c2c34. The molecule has 4 aromatic rings. The quantitative estimate of drug-likeness (QED) is 0.446. The Kier molecular flexibility index (Phi) is 4.61. The molecule has 0 heterocycles. The molecule has 0 aliphatic heterocycles. The maximum absolute atomic E-state index is 12.3. The first-order valence-corrected chi connectivity index (χ1v) is 9.40. The third-order valence-corrected chi connectivity index (χ3v) is 5.41. The number of aliphatic carboxylic acids is 1. The van der Waals surface area contributed by atoms with Crippen LogP contribution in [0.3, 0.4) is 0 Å². The molecule has 4 N–H and O–H groups in total. The van der Waals surface area contributed by atoms with E-state index >= 15 is 0 Å². The van der Waals surface area contributed by atoms with Crippen LogP contribution in [0.1, 0.15) is 31.4 Å². The van der Waals surface area contributed by atoms with Gasteiger partial charge in [0.15, 0.2) is 0 Å². The number of nitrogens with two attached hydrogens (primary N) is 1. The van der Waals surface area contributed by atoms with Crippen molar-refractivity contribution < 1.29 is 14.7 Å². The highest BCUT2D eigenvalue weighted by Gasteiger charge is 2.18. The van der Waals surface area contributed by atoms with Crippen LogP contribution in [0.2, 0.25) is 0 Å². The summed E-state index contributed by atoms with van der Waals surface area (Å²) in [5.41, 5.74) is 6.53. The zero-order valence-corrected chi connectivity index (χ0v) is 15.6. The fourth-order valence-corrected chi connectivity index (χ4v) is 3.94. The zero-order valence-electron chi connectivity index (χ0n) is 15.6. The van der Waals surface area contributed by atoms with Crippen LogP contribution in [0.5, 0.6) is 0 Å². The molecule has 0 saturated carbocycles. The van der Waals surface area contributed by atoms with E-state index < -0.39 is 12.0 Å². The monoisotopic (exact) mass is 374 g/mol. The van der Waals surface area contributed by atoms with Gasteiger partial charge >= 0.3 is 5.97 Å². The van der Waals surface area contributed by atoms with Gasteiger partial charge in [0.2, 0.25) is 5.91 Å². The molecule has 0 aromatic heterocycles. The highest BCUT2D eigenvalue weighted by molar-refractivity contribution is 6.23. The second kappa shape index (κ2) is 7.09. The molecule has 2 atom stereocenters. The van der Waals surface area contributed by atoms with Crippen LogP contribution in [-0.2, 0) is 9.59 Å². The van der Waals surface area contributed by atoms with Gasteiger partial charge in [-0.15, -0.1) is 0 Å². The van der Waals surface area contributed by atoms with Crippen molar-refractivity contribution in [3.63, 3.8) is 0 Å². The lowest BCUT2D eigenvalue weighted by Gasteiger charge is -2.19. The molecular formula is C23H22N2O3. The third kappa shape index (κ3) is 3.14. The number of hydrogen-bond acceptors (Lipinski definition) is 3. The van der Waals surface area contributed by atoms with Gasteiger partial charge in [0.05, 0.1) is 6.04 Å². The number of carbonyl (C=O) groups excluding carboxylic acids is 1. The van der Waals surface area contributed by atoms with E-state index in [1.807, 2.05) is 6.92 Å². The van der Waals surface area contributed by atoms with E-state index in [1.165, 1.54) is 26.9 Å². The average molecular weight is 374 g/mol. The molecule has 0 spiro atoms. The van der Waals surface area contributed by atoms with Crippen LogP contribution in [0.25, 0.3) is 32.3 Å². The number of carboxylic acids is 1. The fraction of sp³-hybridized carbons (Fsp3) is 0.217. The summed E-state index contributed by atoms with van der Waals surface area (Å²) >= 11 is 0. The summed E-state index contributed by atoms with van der Waals surface area (Å²) < 4.78 is 0. The molecular weight excluding hydrogens is 352 g/mol. The molecule has 0 aliphatic carbocycles. The second-order valence-corrected chi connectivity index (χ2v) is 7.28. The minimum absolute atomic E-state index is 0.0869. The molecule has 4 aromatic carbocycles. The van der Waals surface area contributed by atoms with Crippen molar-refractivity contribution in [2.75, 3.05) is 0 Å². The van der Waals surface area contributed by atoms with Crippen LogP contribution in [0.15, 0.2) is 54.6 Å². The van der Waals surface area contributed by atoms with E-state index in [9.17, 15) is 9.59 Å². The van der Waals surface area contributed by atoms with Crippen molar-refractivity contribution >= 4 is 44.2 Å². The van der Waals surface area contributed by atoms with Crippen LogP contribution in [0, 0.1) is 0 Å². The zero-order chi connectivity index (χ0) is 19.8. The fourth-order valence-electron chi connectivity index (χ4n) is 3.94. The number of nitrogens with one attached hydrogen (secondary N) is 1. The summed E-state index contributed by atoms with van der Waals surface area (Å²) in [5.74, 6) is -1.29. The van der Waals surface area contributed by atoms with Crippen molar-refractivity contribution in [3.8, 4) is 0 Å². The topological polar surface area (TPSA) is 92.4 Å². The Hall–Kier alpha value is -3.18. The van der Waals surface area contributed by atoms with Gasteiger partial charge in [-0.05, 0) is 51.2 Å². The molecule has 142 valence electrons. The van der Waals surface area contributed by atoms with Gasteiger partial charge in [-0.2, -0.15) is 0 Å². The van der Waals surface area contributed by atoms with Crippen LogP contribution >= 0.6 is 0 Å². The van der Waals surface area contributed by atoms with Crippen molar-refractivity contribution in [3.05, 3.63) is 60.2 Å². The van der Waals surface area contributed by atoms with E-state index in [0.29, 0.717) is 0 Å². The molecule has 0 radical (unpaired) electrons.